The topological polar surface area (TPSA) is 58.7 Å². The van der Waals surface area contributed by atoms with Crippen molar-refractivity contribution in [3.63, 3.8) is 0 Å². The van der Waals surface area contributed by atoms with Crippen molar-refractivity contribution in [2.24, 2.45) is 5.73 Å². The van der Waals surface area contributed by atoms with E-state index in [1.165, 1.54) is 0 Å². The Kier molecular flexibility index (Phi) is 3.31. The first-order chi connectivity index (χ1) is 7.70. The van der Waals surface area contributed by atoms with Crippen molar-refractivity contribution in [1.29, 1.82) is 0 Å². The van der Waals surface area contributed by atoms with Crippen LogP contribution in [0.4, 0.5) is 0 Å². The van der Waals surface area contributed by atoms with Crippen LogP contribution in [0.5, 0.6) is 11.5 Å². The fourth-order valence-electron chi connectivity index (χ4n) is 2.11. The molecular formula is C12H18N2O2. The number of benzene rings is 1. The van der Waals surface area contributed by atoms with E-state index >= 15 is 0 Å². The fourth-order valence-corrected chi connectivity index (χ4v) is 2.11. The molecule has 0 aromatic heterocycles. The summed E-state index contributed by atoms with van der Waals surface area (Å²) in [7, 11) is 1.56. The second-order valence-corrected chi connectivity index (χ2v) is 4.25. The van der Waals surface area contributed by atoms with Gasteiger partial charge in [0.05, 0.1) is 7.11 Å². The van der Waals surface area contributed by atoms with Crippen LogP contribution in [0.3, 0.4) is 0 Å². The number of para-hydroxylation sites is 1. The summed E-state index contributed by atoms with van der Waals surface area (Å²) in [6.07, 6.45) is 1.03. The van der Waals surface area contributed by atoms with Gasteiger partial charge in [-0.25, -0.2) is 0 Å². The molecule has 16 heavy (non-hydrogen) atoms. The zero-order valence-corrected chi connectivity index (χ0v) is 9.52. The Hall–Kier alpha value is -1.26. The molecule has 1 fully saturated rings. The molecule has 2 rings (SSSR count). The average molecular weight is 222 g/mol. The maximum absolute atomic E-state index is 9.93. The van der Waals surface area contributed by atoms with Crippen molar-refractivity contribution >= 4 is 0 Å². The third-order valence-electron chi connectivity index (χ3n) is 3.01. The molecule has 1 atom stereocenters. The Morgan fingerprint density at radius 2 is 2.38 bits per heavy atom. The predicted molar refractivity (Wildman–Crippen MR) is 62.5 cm³/mol. The minimum atomic E-state index is 0.241. The number of nitrogens with two attached hydrogens (primary N) is 1. The number of methoxy groups -OCH3 is 1. The van der Waals surface area contributed by atoms with Crippen LogP contribution in [0.25, 0.3) is 0 Å². The molecule has 0 radical (unpaired) electrons. The Bertz CT molecular complexity index is 368. The van der Waals surface area contributed by atoms with Crippen LogP contribution in [-0.2, 0) is 6.54 Å². The van der Waals surface area contributed by atoms with E-state index in [1.807, 2.05) is 12.1 Å². The number of likely N-dealkylation sites (tertiary alicyclic amines) is 1. The standard InChI is InChI=1S/C12H18N2O2/c1-16-11-4-2-3-9(12(11)15)7-14-6-5-10(13)8-14/h2-4,10,15H,5-8,13H2,1H3/t10-/m0/s1. The first-order valence-electron chi connectivity index (χ1n) is 5.53. The number of rotatable bonds is 3. The molecule has 0 aliphatic carbocycles. The fraction of sp³-hybridized carbons (Fsp3) is 0.500. The lowest BCUT2D eigenvalue weighted by atomic mass is 10.1. The van der Waals surface area contributed by atoms with Gasteiger partial charge in [-0.05, 0) is 12.5 Å². The van der Waals surface area contributed by atoms with Crippen molar-refractivity contribution in [3.8, 4) is 11.5 Å². The van der Waals surface area contributed by atoms with Crippen molar-refractivity contribution in [2.45, 2.75) is 19.0 Å². The molecule has 0 saturated carbocycles. The summed E-state index contributed by atoms with van der Waals surface area (Å²) in [5, 5.41) is 9.93. The molecule has 3 N–H and O–H groups in total. The number of nitrogens with zero attached hydrogens (tertiary/aromatic N) is 1. The first kappa shape index (κ1) is 11.2. The highest BCUT2D eigenvalue weighted by Gasteiger charge is 2.20. The van der Waals surface area contributed by atoms with Gasteiger partial charge >= 0.3 is 0 Å². The van der Waals surface area contributed by atoms with Gasteiger partial charge in [0.25, 0.3) is 0 Å². The largest absolute Gasteiger partial charge is 0.504 e. The van der Waals surface area contributed by atoms with Crippen molar-refractivity contribution in [3.05, 3.63) is 23.8 Å². The molecule has 1 aliphatic heterocycles. The molecule has 0 unspecified atom stereocenters. The Labute approximate surface area is 95.6 Å². The molecule has 4 nitrogen and oxygen atoms in total. The summed E-state index contributed by atoms with van der Waals surface area (Å²) in [5.41, 5.74) is 6.74. The highest BCUT2D eigenvalue weighted by Crippen LogP contribution is 2.30. The number of hydrogen-bond donors (Lipinski definition) is 2. The number of ether oxygens (including phenoxy) is 1. The van der Waals surface area contributed by atoms with E-state index < -0.39 is 0 Å². The highest BCUT2D eigenvalue weighted by molar-refractivity contribution is 5.45. The molecule has 0 spiro atoms. The molecule has 1 aromatic rings. The van der Waals surface area contributed by atoms with Crippen LogP contribution in [0.15, 0.2) is 18.2 Å². The van der Waals surface area contributed by atoms with Gasteiger partial charge in [-0.15, -0.1) is 0 Å². The van der Waals surface area contributed by atoms with Gasteiger partial charge in [-0.2, -0.15) is 0 Å². The summed E-state index contributed by atoms with van der Waals surface area (Å²) in [5.74, 6) is 0.770. The Morgan fingerprint density at radius 1 is 1.56 bits per heavy atom. The summed E-state index contributed by atoms with van der Waals surface area (Å²) in [6, 6.07) is 5.84. The molecule has 1 aromatic carbocycles. The van der Waals surface area contributed by atoms with Crippen LogP contribution in [0.2, 0.25) is 0 Å². The SMILES string of the molecule is COc1cccc(CN2CC[C@H](N)C2)c1O. The van der Waals surface area contributed by atoms with Gasteiger partial charge in [-0.3, -0.25) is 4.90 Å². The van der Waals surface area contributed by atoms with Gasteiger partial charge < -0.3 is 15.6 Å². The number of phenolic OH excluding ortho intramolecular Hbond substituents is 1. The second-order valence-electron chi connectivity index (χ2n) is 4.25. The van der Waals surface area contributed by atoms with E-state index in [2.05, 4.69) is 4.90 Å². The van der Waals surface area contributed by atoms with E-state index in [9.17, 15) is 5.11 Å². The molecule has 1 saturated heterocycles. The minimum Gasteiger partial charge on any atom is -0.504 e. The first-order valence-corrected chi connectivity index (χ1v) is 5.53. The maximum atomic E-state index is 9.93. The zero-order valence-electron chi connectivity index (χ0n) is 9.52. The smallest absolute Gasteiger partial charge is 0.162 e. The molecule has 0 bridgehead atoms. The lowest BCUT2D eigenvalue weighted by molar-refractivity contribution is 0.314. The molecule has 1 heterocycles. The quantitative estimate of drug-likeness (QED) is 0.799. The third kappa shape index (κ3) is 2.28. The zero-order chi connectivity index (χ0) is 11.5. The van der Waals surface area contributed by atoms with Crippen LogP contribution in [0.1, 0.15) is 12.0 Å². The molecule has 88 valence electrons. The van der Waals surface area contributed by atoms with Gasteiger partial charge in [0, 0.05) is 31.2 Å². The van der Waals surface area contributed by atoms with E-state index in [1.54, 1.807) is 13.2 Å². The summed E-state index contributed by atoms with van der Waals surface area (Å²) in [4.78, 5) is 2.25. The van der Waals surface area contributed by atoms with Crippen LogP contribution in [0, 0.1) is 0 Å². The van der Waals surface area contributed by atoms with Gasteiger partial charge in [-0.1, -0.05) is 12.1 Å². The Morgan fingerprint density at radius 3 is 3.00 bits per heavy atom. The van der Waals surface area contributed by atoms with E-state index in [4.69, 9.17) is 10.5 Å². The van der Waals surface area contributed by atoms with Gasteiger partial charge in [0.2, 0.25) is 0 Å². The Balaban J connectivity index is 2.09. The third-order valence-corrected chi connectivity index (χ3v) is 3.01. The normalized spacial score (nSPS) is 21.2. The molecule has 0 amide bonds. The number of phenols is 1. The van der Waals surface area contributed by atoms with Crippen molar-refractivity contribution < 1.29 is 9.84 Å². The summed E-state index contributed by atoms with van der Waals surface area (Å²) < 4.78 is 5.08. The van der Waals surface area contributed by atoms with Crippen LogP contribution >= 0.6 is 0 Å². The number of aromatic hydroxyl groups is 1. The van der Waals surface area contributed by atoms with Crippen LogP contribution in [-0.4, -0.2) is 36.2 Å². The average Bonchev–Trinajstić information content (AvgIpc) is 2.67. The minimum absolute atomic E-state index is 0.241. The van der Waals surface area contributed by atoms with Crippen molar-refractivity contribution in [2.75, 3.05) is 20.2 Å². The summed E-state index contributed by atoms with van der Waals surface area (Å²) in [6.45, 7) is 2.63. The highest BCUT2D eigenvalue weighted by atomic mass is 16.5. The molecule has 1 aliphatic rings. The lowest BCUT2D eigenvalue weighted by Crippen LogP contribution is -2.26. The molecule has 4 heteroatoms. The predicted octanol–water partition coefficient (Wildman–Crippen LogP) is 0.934. The van der Waals surface area contributed by atoms with E-state index in [-0.39, 0.29) is 11.8 Å². The lowest BCUT2D eigenvalue weighted by Gasteiger charge is -2.16. The van der Waals surface area contributed by atoms with E-state index in [0.717, 1.165) is 31.6 Å². The number of hydrogen-bond acceptors (Lipinski definition) is 4. The monoisotopic (exact) mass is 222 g/mol. The maximum Gasteiger partial charge on any atom is 0.162 e. The molecular weight excluding hydrogens is 204 g/mol. The van der Waals surface area contributed by atoms with Gasteiger partial charge in [0.15, 0.2) is 11.5 Å². The second kappa shape index (κ2) is 4.72. The van der Waals surface area contributed by atoms with Gasteiger partial charge in [0.1, 0.15) is 0 Å². The van der Waals surface area contributed by atoms with E-state index in [0.29, 0.717) is 5.75 Å². The van der Waals surface area contributed by atoms with Crippen molar-refractivity contribution in [1.82, 2.24) is 4.90 Å². The van der Waals surface area contributed by atoms with Crippen LogP contribution < -0.4 is 10.5 Å². The summed E-state index contributed by atoms with van der Waals surface area (Å²) >= 11 is 0.